The lowest BCUT2D eigenvalue weighted by Gasteiger charge is -2.25. The summed E-state index contributed by atoms with van der Waals surface area (Å²) in [4.78, 5) is 0. The van der Waals surface area contributed by atoms with Gasteiger partial charge in [-0.2, -0.15) is 0 Å². The number of hydrogen-bond acceptors (Lipinski definition) is 0. The van der Waals surface area contributed by atoms with Gasteiger partial charge in [0.1, 0.15) is 0 Å². The summed E-state index contributed by atoms with van der Waals surface area (Å²) in [5, 5.41) is 0. The molecule has 2 aromatic rings. The molecule has 2 bridgehead atoms. The molecule has 3 aliphatic carbocycles. The van der Waals surface area contributed by atoms with Gasteiger partial charge in [0.15, 0.2) is 0 Å². The van der Waals surface area contributed by atoms with Crippen LogP contribution in [-0.4, -0.2) is 0 Å². The lowest BCUT2D eigenvalue weighted by atomic mass is 9.78. The van der Waals surface area contributed by atoms with Crippen LogP contribution in [0.15, 0.2) is 72.8 Å². The van der Waals surface area contributed by atoms with E-state index in [1.165, 1.54) is 29.5 Å². The summed E-state index contributed by atoms with van der Waals surface area (Å²) in [6.07, 6.45) is 2.67. The van der Waals surface area contributed by atoms with E-state index in [-0.39, 0.29) is 5.41 Å². The first-order chi connectivity index (χ1) is 10.3. The maximum absolute atomic E-state index is 4.37. The second kappa shape index (κ2) is 3.88. The van der Waals surface area contributed by atoms with E-state index in [1.54, 1.807) is 0 Å². The average molecular weight is 272 g/mol. The van der Waals surface area contributed by atoms with Crippen molar-refractivity contribution in [3.8, 4) is 0 Å². The van der Waals surface area contributed by atoms with Crippen molar-refractivity contribution in [1.29, 1.82) is 0 Å². The Morgan fingerprint density at radius 1 is 0.810 bits per heavy atom. The van der Waals surface area contributed by atoms with Crippen LogP contribution in [0.3, 0.4) is 0 Å². The summed E-state index contributed by atoms with van der Waals surface area (Å²) in [7, 11) is 0. The molecule has 4 atom stereocenters. The zero-order valence-corrected chi connectivity index (χ0v) is 12.2. The predicted molar refractivity (Wildman–Crippen MR) is 86.0 cm³/mol. The Labute approximate surface area is 126 Å². The molecule has 3 aliphatic rings. The molecule has 21 heavy (non-hydrogen) atoms. The van der Waals surface area contributed by atoms with Gasteiger partial charge in [-0.1, -0.05) is 72.8 Å². The minimum absolute atomic E-state index is 0.273. The van der Waals surface area contributed by atoms with Gasteiger partial charge in [-0.15, -0.1) is 0 Å². The third kappa shape index (κ3) is 1.31. The molecule has 0 saturated heterocycles. The van der Waals surface area contributed by atoms with Crippen molar-refractivity contribution in [1.82, 2.24) is 0 Å². The van der Waals surface area contributed by atoms with E-state index >= 15 is 0 Å². The van der Waals surface area contributed by atoms with Crippen LogP contribution in [0, 0.1) is 23.7 Å². The van der Waals surface area contributed by atoms with E-state index in [0.717, 1.165) is 23.7 Å². The van der Waals surface area contributed by atoms with Crippen molar-refractivity contribution in [2.45, 2.75) is 18.3 Å². The Bertz CT molecular complexity index is 658. The summed E-state index contributed by atoms with van der Waals surface area (Å²) in [5.41, 5.74) is 4.84. The lowest BCUT2D eigenvalue weighted by molar-refractivity contribution is 0.455. The molecule has 0 N–H and O–H groups in total. The molecule has 3 saturated carbocycles. The number of benzene rings is 2. The second-order valence-corrected chi connectivity index (χ2v) is 7.12. The normalized spacial score (nSPS) is 34.8. The first kappa shape index (κ1) is 11.8. The Kier molecular flexibility index (Phi) is 2.18. The molecule has 0 spiro atoms. The standard InChI is InChI=1S/C21H20/c1-14-12-15-13-18(14)20-19(15)21(20,16-8-4-2-5-9-16)17-10-6-3-7-11-17/h2-11,15,18-20H,1,12-13H2/t15-,18-,19+,20-/m0/s1. The summed E-state index contributed by atoms with van der Waals surface area (Å²) in [6, 6.07) is 22.4. The van der Waals surface area contributed by atoms with Crippen LogP contribution in [0.4, 0.5) is 0 Å². The summed E-state index contributed by atoms with van der Waals surface area (Å²) < 4.78 is 0. The molecule has 0 amide bonds. The molecule has 0 heteroatoms. The molecule has 0 radical (unpaired) electrons. The fourth-order valence-electron chi connectivity index (χ4n) is 5.78. The molecule has 0 aromatic heterocycles. The highest BCUT2D eigenvalue weighted by atomic mass is 14.8. The zero-order valence-electron chi connectivity index (χ0n) is 12.2. The third-order valence-corrected chi connectivity index (χ3v) is 6.38. The summed E-state index contributed by atoms with van der Waals surface area (Å²) >= 11 is 0. The molecule has 0 unspecified atom stereocenters. The number of rotatable bonds is 2. The quantitative estimate of drug-likeness (QED) is 0.688. The first-order valence-corrected chi connectivity index (χ1v) is 8.12. The maximum Gasteiger partial charge on any atom is 0.0274 e. The largest absolute Gasteiger partial charge is 0.0996 e. The van der Waals surface area contributed by atoms with Crippen molar-refractivity contribution in [3.05, 3.63) is 83.9 Å². The van der Waals surface area contributed by atoms with Crippen molar-refractivity contribution in [2.75, 3.05) is 0 Å². The fraction of sp³-hybridized carbons (Fsp3) is 0.333. The lowest BCUT2D eigenvalue weighted by Crippen LogP contribution is -2.20. The van der Waals surface area contributed by atoms with E-state index in [2.05, 4.69) is 67.2 Å². The third-order valence-electron chi connectivity index (χ3n) is 6.38. The first-order valence-electron chi connectivity index (χ1n) is 8.12. The van der Waals surface area contributed by atoms with Gasteiger partial charge in [0, 0.05) is 5.41 Å². The average Bonchev–Trinajstić information content (AvgIpc) is 2.93. The van der Waals surface area contributed by atoms with E-state index in [1.807, 2.05) is 0 Å². The minimum Gasteiger partial charge on any atom is -0.0996 e. The van der Waals surface area contributed by atoms with Gasteiger partial charge in [0.25, 0.3) is 0 Å². The van der Waals surface area contributed by atoms with Crippen LogP contribution in [0.1, 0.15) is 24.0 Å². The fourth-order valence-corrected chi connectivity index (χ4v) is 5.78. The molecule has 0 nitrogen and oxygen atoms in total. The monoisotopic (exact) mass is 272 g/mol. The van der Waals surface area contributed by atoms with Gasteiger partial charge in [0.2, 0.25) is 0 Å². The van der Waals surface area contributed by atoms with Gasteiger partial charge in [-0.05, 0) is 47.6 Å². The Morgan fingerprint density at radius 3 is 1.90 bits per heavy atom. The van der Waals surface area contributed by atoms with Crippen molar-refractivity contribution < 1.29 is 0 Å². The molecule has 0 aliphatic heterocycles. The van der Waals surface area contributed by atoms with Crippen LogP contribution >= 0.6 is 0 Å². The van der Waals surface area contributed by atoms with Crippen LogP contribution < -0.4 is 0 Å². The van der Waals surface area contributed by atoms with Gasteiger partial charge in [-0.25, -0.2) is 0 Å². The second-order valence-electron chi connectivity index (χ2n) is 7.12. The van der Waals surface area contributed by atoms with Gasteiger partial charge < -0.3 is 0 Å². The smallest absolute Gasteiger partial charge is 0.0274 e. The van der Waals surface area contributed by atoms with Crippen LogP contribution in [0.2, 0.25) is 0 Å². The highest BCUT2D eigenvalue weighted by Crippen LogP contribution is 2.79. The number of allylic oxidation sites excluding steroid dienone is 1. The predicted octanol–water partition coefficient (Wildman–Crippen LogP) is 4.81. The van der Waals surface area contributed by atoms with E-state index in [9.17, 15) is 0 Å². The Balaban J connectivity index is 1.71. The van der Waals surface area contributed by atoms with E-state index < -0.39 is 0 Å². The van der Waals surface area contributed by atoms with E-state index in [0.29, 0.717) is 0 Å². The highest BCUT2D eigenvalue weighted by Gasteiger charge is 2.76. The van der Waals surface area contributed by atoms with Gasteiger partial charge >= 0.3 is 0 Å². The summed E-state index contributed by atoms with van der Waals surface area (Å²) in [5.74, 6) is 3.28. The maximum atomic E-state index is 4.37. The van der Waals surface area contributed by atoms with Crippen LogP contribution in [0.5, 0.6) is 0 Å². The molecular weight excluding hydrogens is 252 g/mol. The van der Waals surface area contributed by atoms with Crippen molar-refractivity contribution in [3.63, 3.8) is 0 Å². The van der Waals surface area contributed by atoms with E-state index in [4.69, 9.17) is 0 Å². The van der Waals surface area contributed by atoms with Crippen molar-refractivity contribution in [2.24, 2.45) is 23.7 Å². The van der Waals surface area contributed by atoms with Crippen LogP contribution in [0.25, 0.3) is 0 Å². The van der Waals surface area contributed by atoms with Crippen LogP contribution in [-0.2, 0) is 5.41 Å². The number of fused-ring (bicyclic) bond motifs is 5. The molecular formula is C21H20. The van der Waals surface area contributed by atoms with Gasteiger partial charge in [0.05, 0.1) is 0 Å². The zero-order chi connectivity index (χ0) is 14.0. The van der Waals surface area contributed by atoms with Gasteiger partial charge in [-0.3, -0.25) is 0 Å². The minimum atomic E-state index is 0.273. The topological polar surface area (TPSA) is 0 Å². The Morgan fingerprint density at radius 2 is 1.38 bits per heavy atom. The summed E-state index contributed by atoms with van der Waals surface area (Å²) in [6.45, 7) is 4.37. The molecule has 2 aromatic carbocycles. The number of hydrogen-bond donors (Lipinski definition) is 0. The Hall–Kier alpha value is -1.82. The highest BCUT2D eigenvalue weighted by molar-refractivity contribution is 5.54. The molecule has 3 fully saturated rings. The molecule has 5 rings (SSSR count). The SMILES string of the molecule is C=C1C[C@H]2C[C@@H]1[C@H]1[C@@H]2C1(c1ccccc1)c1ccccc1. The molecule has 0 heterocycles. The molecule has 104 valence electrons. The van der Waals surface area contributed by atoms with Crippen molar-refractivity contribution >= 4 is 0 Å².